The lowest BCUT2D eigenvalue weighted by Crippen LogP contribution is -2.43. The van der Waals surface area contributed by atoms with E-state index in [1.54, 1.807) is 11.0 Å². The second-order valence-electron chi connectivity index (χ2n) is 7.90. The summed E-state index contributed by atoms with van der Waals surface area (Å²) in [6.07, 6.45) is 2.38. The molecule has 4 rings (SSSR count). The summed E-state index contributed by atoms with van der Waals surface area (Å²) in [7, 11) is 0. The number of nitrogens with one attached hydrogen (secondary N) is 1. The lowest BCUT2D eigenvalue weighted by Gasteiger charge is -2.32. The van der Waals surface area contributed by atoms with Gasteiger partial charge in [0.05, 0.1) is 11.6 Å². The molecule has 0 saturated carbocycles. The molecule has 6 nitrogen and oxygen atoms in total. The van der Waals surface area contributed by atoms with Crippen LogP contribution >= 0.6 is 0 Å². The summed E-state index contributed by atoms with van der Waals surface area (Å²) in [5.74, 6) is -2.06. The third-order valence-corrected chi connectivity index (χ3v) is 5.75. The molecule has 2 heterocycles. The summed E-state index contributed by atoms with van der Waals surface area (Å²) in [5, 5.41) is 2.72. The molecule has 2 aromatic rings. The zero-order chi connectivity index (χ0) is 22.0. The lowest BCUT2D eigenvalue weighted by molar-refractivity contribution is -0.121. The van der Waals surface area contributed by atoms with E-state index in [0.717, 1.165) is 0 Å². The number of rotatable bonds is 4. The van der Waals surface area contributed by atoms with Crippen LogP contribution in [0, 0.1) is 17.6 Å². The largest absolute Gasteiger partial charge is 0.338 e. The number of halogens is 2. The number of hydrogen-bond donors (Lipinski definition) is 1. The Labute approximate surface area is 178 Å². The topological polar surface area (TPSA) is 69.7 Å². The fraction of sp³-hybridized carbons (Fsp3) is 0.348. The Bertz CT molecular complexity index is 1010. The summed E-state index contributed by atoms with van der Waals surface area (Å²) in [6, 6.07) is 9.60. The van der Waals surface area contributed by atoms with Crippen molar-refractivity contribution in [2.75, 3.05) is 29.9 Å². The van der Waals surface area contributed by atoms with E-state index in [4.69, 9.17) is 0 Å². The molecule has 1 N–H and O–H groups in total. The molecule has 2 fully saturated rings. The van der Waals surface area contributed by atoms with Crippen molar-refractivity contribution in [2.24, 2.45) is 5.92 Å². The Hall–Kier alpha value is -3.29. The van der Waals surface area contributed by atoms with Crippen molar-refractivity contribution in [1.82, 2.24) is 4.90 Å². The number of hydrogen-bond acceptors (Lipinski definition) is 3. The van der Waals surface area contributed by atoms with Gasteiger partial charge in [-0.25, -0.2) is 8.78 Å². The zero-order valence-corrected chi connectivity index (χ0v) is 16.9. The molecule has 0 bridgehead atoms. The fourth-order valence-electron chi connectivity index (χ4n) is 4.10. The van der Waals surface area contributed by atoms with E-state index in [1.807, 2.05) is 0 Å². The van der Waals surface area contributed by atoms with Crippen molar-refractivity contribution >= 4 is 29.1 Å². The second kappa shape index (κ2) is 8.83. The Morgan fingerprint density at radius 1 is 1.00 bits per heavy atom. The second-order valence-corrected chi connectivity index (χ2v) is 7.90. The van der Waals surface area contributed by atoms with Crippen LogP contribution in [-0.4, -0.2) is 42.3 Å². The molecule has 2 aliphatic rings. The standard InChI is InChI=1S/C23H23F2N3O3/c24-17-7-5-15(6-8-17)23(31)27-11-1-3-16(14-27)22(30)26-18-9-10-20(19(25)13-18)28-12-2-4-21(28)29/h5-10,13,16H,1-4,11-12,14H2,(H,26,30). The minimum absolute atomic E-state index is 0.108. The van der Waals surface area contributed by atoms with Gasteiger partial charge in [0.1, 0.15) is 11.6 Å². The molecule has 0 spiro atoms. The molecule has 31 heavy (non-hydrogen) atoms. The number of nitrogens with zero attached hydrogens (tertiary/aromatic N) is 2. The first-order valence-corrected chi connectivity index (χ1v) is 10.4. The van der Waals surface area contributed by atoms with Gasteiger partial charge in [-0.15, -0.1) is 0 Å². The Morgan fingerprint density at radius 3 is 2.45 bits per heavy atom. The number of anilines is 2. The van der Waals surface area contributed by atoms with Crippen LogP contribution in [0.25, 0.3) is 0 Å². The van der Waals surface area contributed by atoms with Gasteiger partial charge in [0.2, 0.25) is 11.8 Å². The maximum absolute atomic E-state index is 14.5. The highest BCUT2D eigenvalue weighted by Crippen LogP contribution is 2.27. The SMILES string of the molecule is O=C(Nc1ccc(N2CCCC2=O)c(F)c1)C1CCCN(C(=O)c2ccc(F)cc2)C1. The Balaban J connectivity index is 1.40. The normalized spacial score (nSPS) is 18.9. The number of piperidine rings is 1. The summed E-state index contributed by atoms with van der Waals surface area (Å²) in [4.78, 5) is 40.2. The first-order valence-electron chi connectivity index (χ1n) is 10.4. The van der Waals surface area contributed by atoms with Gasteiger partial charge in [-0.1, -0.05) is 0 Å². The quantitative estimate of drug-likeness (QED) is 0.811. The van der Waals surface area contributed by atoms with Crippen LogP contribution in [0.15, 0.2) is 42.5 Å². The molecule has 2 aliphatic heterocycles. The predicted molar refractivity (Wildman–Crippen MR) is 112 cm³/mol. The fourth-order valence-corrected chi connectivity index (χ4v) is 4.10. The summed E-state index contributed by atoms with van der Waals surface area (Å²) in [6.45, 7) is 1.25. The molecular formula is C23H23F2N3O3. The van der Waals surface area contributed by atoms with Gasteiger partial charge in [0.15, 0.2) is 0 Å². The molecule has 0 aliphatic carbocycles. The molecule has 3 amide bonds. The minimum atomic E-state index is -0.565. The van der Waals surface area contributed by atoms with Crippen LogP contribution < -0.4 is 10.2 Å². The maximum Gasteiger partial charge on any atom is 0.253 e. The monoisotopic (exact) mass is 427 g/mol. The van der Waals surface area contributed by atoms with Crippen LogP contribution in [0.2, 0.25) is 0 Å². The average molecular weight is 427 g/mol. The highest BCUT2D eigenvalue weighted by atomic mass is 19.1. The van der Waals surface area contributed by atoms with Crippen molar-refractivity contribution in [3.8, 4) is 0 Å². The number of amides is 3. The molecular weight excluding hydrogens is 404 g/mol. The van der Waals surface area contributed by atoms with Crippen molar-refractivity contribution in [1.29, 1.82) is 0 Å². The van der Waals surface area contributed by atoms with Crippen LogP contribution in [0.4, 0.5) is 20.2 Å². The lowest BCUT2D eigenvalue weighted by atomic mass is 9.96. The number of likely N-dealkylation sites (tertiary alicyclic amines) is 1. The van der Waals surface area contributed by atoms with Gasteiger partial charge >= 0.3 is 0 Å². The molecule has 1 unspecified atom stereocenters. The summed E-state index contributed by atoms with van der Waals surface area (Å²) in [5.41, 5.74) is 0.894. The molecule has 1 atom stereocenters. The summed E-state index contributed by atoms with van der Waals surface area (Å²) >= 11 is 0. The maximum atomic E-state index is 14.5. The van der Waals surface area contributed by atoms with Crippen LogP contribution in [0.5, 0.6) is 0 Å². The van der Waals surface area contributed by atoms with E-state index in [0.29, 0.717) is 50.0 Å². The van der Waals surface area contributed by atoms with Gasteiger partial charge in [-0.2, -0.15) is 0 Å². The van der Waals surface area contributed by atoms with Gasteiger partial charge in [-0.05, 0) is 61.7 Å². The predicted octanol–water partition coefficient (Wildman–Crippen LogP) is 3.58. The van der Waals surface area contributed by atoms with E-state index < -0.39 is 17.6 Å². The van der Waals surface area contributed by atoms with E-state index in [2.05, 4.69) is 5.32 Å². The minimum Gasteiger partial charge on any atom is -0.338 e. The molecule has 8 heteroatoms. The Morgan fingerprint density at radius 2 is 1.77 bits per heavy atom. The van der Waals surface area contributed by atoms with E-state index >= 15 is 0 Å². The van der Waals surface area contributed by atoms with Gasteiger partial charge in [0, 0.05) is 37.3 Å². The first kappa shape index (κ1) is 21.0. The molecule has 2 aromatic carbocycles. The number of benzene rings is 2. The smallest absolute Gasteiger partial charge is 0.253 e. The Kier molecular flexibility index (Phi) is 5.97. The van der Waals surface area contributed by atoms with E-state index in [9.17, 15) is 23.2 Å². The average Bonchev–Trinajstić information content (AvgIpc) is 3.19. The van der Waals surface area contributed by atoms with Crippen LogP contribution in [0.1, 0.15) is 36.0 Å². The van der Waals surface area contributed by atoms with Gasteiger partial charge < -0.3 is 15.1 Å². The molecule has 162 valence electrons. The highest BCUT2D eigenvalue weighted by molar-refractivity contribution is 5.97. The number of carbonyl (C=O) groups excluding carboxylic acids is 3. The number of carbonyl (C=O) groups is 3. The van der Waals surface area contributed by atoms with Crippen molar-refractivity contribution in [3.05, 3.63) is 59.7 Å². The van der Waals surface area contributed by atoms with Crippen LogP contribution in [-0.2, 0) is 9.59 Å². The molecule has 0 radical (unpaired) electrons. The third-order valence-electron chi connectivity index (χ3n) is 5.75. The van der Waals surface area contributed by atoms with Gasteiger partial charge in [-0.3, -0.25) is 14.4 Å². The van der Waals surface area contributed by atoms with Crippen molar-refractivity contribution in [3.63, 3.8) is 0 Å². The van der Waals surface area contributed by atoms with Gasteiger partial charge in [0.25, 0.3) is 5.91 Å². The van der Waals surface area contributed by atoms with E-state index in [1.165, 1.54) is 41.3 Å². The molecule has 2 saturated heterocycles. The summed E-state index contributed by atoms with van der Waals surface area (Å²) < 4.78 is 27.6. The molecule has 0 aromatic heterocycles. The van der Waals surface area contributed by atoms with Crippen LogP contribution in [0.3, 0.4) is 0 Å². The van der Waals surface area contributed by atoms with Crippen molar-refractivity contribution in [2.45, 2.75) is 25.7 Å². The van der Waals surface area contributed by atoms with Crippen molar-refractivity contribution < 1.29 is 23.2 Å². The third kappa shape index (κ3) is 4.57. The highest BCUT2D eigenvalue weighted by Gasteiger charge is 2.29. The zero-order valence-electron chi connectivity index (χ0n) is 16.9. The van der Waals surface area contributed by atoms with E-state index in [-0.39, 0.29) is 30.0 Å². The first-order chi connectivity index (χ1) is 14.9.